The van der Waals surface area contributed by atoms with Crippen molar-refractivity contribution in [2.75, 3.05) is 5.32 Å². The first kappa shape index (κ1) is 15.1. The number of aromatic carboxylic acids is 1. The highest BCUT2D eigenvalue weighted by Crippen LogP contribution is 2.18. The number of carbonyl (C=O) groups excluding carboxylic acids is 1. The number of benzene rings is 1. The Morgan fingerprint density at radius 1 is 1.32 bits per heavy atom. The van der Waals surface area contributed by atoms with Gasteiger partial charge in [0.1, 0.15) is 5.82 Å². The van der Waals surface area contributed by atoms with E-state index in [-0.39, 0.29) is 23.1 Å². The summed E-state index contributed by atoms with van der Waals surface area (Å²) in [6.45, 7) is 3.99. The van der Waals surface area contributed by atoms with E-state index in [4.69, 9.17) is 5.11 Å². The normalized spacial score (nSPS) is 10.5. The van der Waals surface area contributed by atoms with E-state index in [0.717, 1.165) is 31.0 Å². The zero-order valence-electron chi connectivity index (χ0n) is 11.1. The molecule has 2 N–H and O–H groups in total. The second-order valence-electron chi connectivity index (χ2n) is 4.43. The maximum atomic E-state index is 13.5. The van der Waals surface area contributed by atoms with E-state index in [9.17, 15) is 14.0 Å². The van der Waals surface area contributed by atoms with Crippen LogP contribution in [0.4, 0.5) is 10.1 Å². The quantitative estimate of drug-likeness (QED) is 0.831. The molecule has 0 saturated heterocycles. The molecule has 0 heterocycles. The number of carboxylic acids is 1. The van der Waals surface area contributed by atoms with E-state index in [1.807, 2.05) is 13.8 Å². The molecule has 0 aromatic heterocycles. The van der Waals surface area contributed by atoms with Gasteiger partial charge < -0.3 is 10.4 Å². The number of hydrogen-bond donors (Lipinski definition) is 2. The highest BCUT2D eigenvalue weighted by Gasteiger charge is 2.14. The Kier molecular flexibility index (Phi) is 5.48. The largest absolute Gasteiger partial charge is 0.478 e. The highest BCUT2D eigenvalue weighted by molar-refractivity contribution is 5.94. The zero-order valence-corrected chi connectivity index (χ0v) is 11.1. The SMILES string of the molecule is CCC(CC)CC(=O)Nc1cc(C(=O)O)ccc1F. The van der Waals surface area contributed by atoms with Crippen LogP contribution >= 0.6 is 0 Å². The number of carboxylic acid groups (broad SMARTS) is 1. The van der Waals surface area contributed by atoms with E-state index in [2.05, 4.69) is 5.32 Å². The maximum Gasteiger partial charge on any atom is 0.335 e. The first-order chi connectivity index (χ1) is 8.97. The fourth-order valence-corrected chi connectivity index (χ4v) is 1.79. The fourth-order valence-electron chi connectivity index (χ4n) is 1.79. The lowest BCUT2D eigenvalue weighted by Crippen LogP contribution is -2.17. The highest BCUT2D eigenvalue weighted by atomic mass is 19.1. The summed E-state index contributed by atoms with van der Waals surface area (Å²) < 4.78 is 13.5. The molecule has 4 nitrogen and oxygen atoms in total. The Balaban J connectivity index is 2.78. The Morgan fingerprint density at radius 3 is 2.47 bits per heavy atom. The van der Waals surface area contributed by atoms with Gasteiger partial charge in [-0.1, -0.05) is 26.7 Å². The average molecular weight is 267 g/mol. The van der Waals surface area contributed by atoms with Crippen LogP contribution in [0, 0.1) is 11.7 Å². The van der Waals surface area contributed by atoms with Crippen molar-refractivity contribution < 1.29 is 19.1 Å². The fraction of sp³-hybridized carbons (Fsp3) is 0.429. The lowest BCUT2D eigenvalue weighted by atomic mass is 9.99. The summed E-state index contributed by atoms with van der Waals surface area (Å²) in [6, 6.07) is 3.33. The van der Waals surface area contributed by atoms with Crippen molar-refractivity contribution in [3.05, 3.63) is 29.6 Å². The monoisotopic (exact) mass is 267 g/mol. The molecule has 0 spiro atoms. The molecular weight excluding hydrogens is 249 g/mol. The molecule has 0 aliphatic carbocycles. The molecule has 104 valence electrons. The van der Waals surface area contributed by atoms with Gasteiger partial charge in [0.25, 0.3) is 0 Å². The van der Waals surface area contributed by atoms with E-state index >= 15 is 0 Å². The third-order valence-corrected chi connectivity index (χ3v) is 3.12. The second-order valence-corrected chi connectivity index (χ2v) is 4.43. The van der Waals surface area contributed by atoms with Crippen molar-refractivity contribution in [2.24, 2.45) is 5.92 Å². The second kappa shape index (κ2) is 6.87. The standard InChI is InChI=1S/C14H18FNO3/c1-3-9(4-2)7-13(17)16-12-8-10(14(18)19)5-6-11(12)15/h5-6,8-9H,3-4,7H2,1-2H3,(H,16,17)(H,18,19). The molecule has 0 aliphatic rings. The molecule has 0 saturated carbocycles. The van der Waals surface area contributed by atoms with Gasteiger partial charge in [-0.05, 0) is 24.1 Å². The minimum atomic E-state index is -1.16. The molecule has 5 heteroatoms. The minimum absolute atomic E-state index is 0.0563. The molecule has 1 aromatic rings. The number of hydrogen-bond acceptors (Lipinski definition) is 2. The number of carbonyl (C=O) groups is 2. The Bertz CT molecular complexity index is 470. The molecule has 19 heavy (non-hydrogen) atoms. The molecule has 0 unspecified atom stereocenters. The Hall–Kier alpha value is -1.91. The lowest BCUT2D eigenvalue weighted by Gasteiger charge is -2.12. The summed E-state index contributed by atoms with van der Waals surface area (Å²) >= 11 is 0. The number of rotatable bonds is 6. The summed E-state index contributed by atoms with van der Waals surface area (Å²) in [6.07, 6.45) is 2.06. The van der Waals surface area contributed by atoms with Crippen molar-refractivity contribution in [3.63, 3.8) is 0 Å². The molecular formula is C14H18FNO3. The number of anilines is 1. The molecule has 0 aliphatic heterocycles. The van der Waals surface area contributed by atoms with E-state index < -0.39 is 11.8 Å². The van der Waals surface area contributed by atoms with Crippen molar-refractivity contribution in [1.82, 2.24) is 0 Å². The van der Waals surface area contributed by atoms with Crippen LogP contribution in [-0.4, -0.2) is 17.0 Å². The topological polar surface area (TPSA) is 66.4 Å². The summed E-state index contributed by atoms with van der Waals surface area (Å²) in [4.78, 5) is 22.5. The maximum absolute atomic E-state index is 13.5. The van der Waals surface area contributed by atoms with Gasteiger partial charge >= 0.3 is 5.97 Å². The van der Waals surface area contributed by atoms with Crippen LogP contribution in [0.25, 0.3) is 0 Å². The first-order valence-corrected chi connectivity index (χ1v) is 6.30. The molecule has 0 atom stereocenters. The number of halogens is 1. The average Bonchev–Trinajstić information content (AvgIpc) is 2.38. The van der Waals surface area contributed by atoms with Crippen LogP contribution in [0.1, 0.15) is 43.5 Å². The van der Waals surface area contributed by atoms with Crippen LogP contribution in [0.2, 0.25) is 0 Å². The van der Waals surface area contributed by atoms with Crippen molar-refractivity contribution >= 4 is 17.6 Å². The molecule has 0 fully saturated rings. The summed E-state index contributed by atoms with van der Waals surface area (Å²) in [5, 5.41) is 11.2. The third-order valence-electron chi connectivity index (χ3n) is 3.12. The summed E-state index contributed by atoms with van der Waals surface area (Å²) in [7, 11) is 0. The predicted octanol–water partition coefficient (Wildman–Crippen LogP) is 3.29. The van der Waals surface area contributed by atoms with Crippen molar-refractivity contribution in [1.29, 1.82) is 0 Å². The summed E-state index contributed by atoms with van der Waals surface area (Å²) in [5.74, 6) is -1.83. The van der Waals surface area contributed by atoms with Crippen molar-refractivity contribution in [2.45, 2.75) is 33.1 Å². The number of nitrogens with one attached hydrogen (secondary N) is 1. The minimum Gasteiger partial charge on any atom is -0.478 e. The van der Waals surface area contributed by atoms with Gasteiger partial charge in [0.15, 0.2) is 0 Å². The van der Waals surface area contributed by atoms with Gasteiger partial charge in [0, 0.05) is 6.42 Å². The third kappa shape index (κ3) is 4.35. The van der Waals surface area contributed by atoms with Crippen LogP contribution < -0.4 is 5.32 Å². The Labute approximate surface area is 111 Å². The smallest absolute Gasteiger partial charge is 0.335 e. The zero-order chi connectivity index (χ0) is 14.4. The molecule has 1 amide bonds. The van der Waals surface area contributed by atoms with Gasteiger partial charge in [0.05, 0.1) is 11.3 Å². The van der Waals surface area contributed by atoms with Gasteiger partial charge in [-0.3, -0.25) is 4.79 Å². The number of amides is 1. The van der Waals surface area contributed by atoms with E-state index in [0.29, 0.717) is 6.42 Å². The van der Waals surface area contributed by atoms with E-state index in [1.165, 1.54) is 0 Å². The molecule has 0 radical (unpaired) electrons. The molecule has 0 bridgehead atoms. The predicted molar refractivity (Wildman–Crippen MR) is 70.7 cm³/mol. The lowest BCUT2D eigenvalue weighted by molar-refractivity contribution is -0.117. The van der Waals surface area contributed by atoms with Gasteiger partial charge in [-0.25, -0.2) is 9.18 Å². The van der Waals surface area contributed by atoms with E-state index in [1.54, 1.807) is 0 Å². The molecule has 1 aromatic carbocycles. The van der Waals surface area contributed by atoms with Gasteiger partial charge in [-0.2, -0.15) is 0 Å². The van der Waals surface area contributed by atoms with Gasteiger partial charge in [0.2, 0.25) is 5.91 Å². The van der Waals surface area contributed by atoms with Crippen LogP contribution in [0.5, 0.6) is 0 Å². The van der Waals surface area contributed by atoms with Crippen molar-refractivity contribution in [3.8, 4) is 0 Å². The van der Waals surface area contributed by atoms with Crippen LogP contribution in [0.15, 0.2) is 18.2 Å². The summed E-state index contributed by atoms with van der Waals surface area (Å²) in [5.41, 5.74) is -0.143. The first-order valence-electron chi connectivity index (χ1n) is 6.30. The van der Waals surface area contributed by atoms with Gasteiger partial charge in [-0.15, -0.1) is 0 Å². The van der Waals surface area contributed by atoms with Crippen LogP contribution in [0.3, 0.4) is 0 Å². The van der Waals surface area contributed by atoms with Crippen LogP contribution in [-0.2, 0) is 4.79 Å². The molecule has 1 rings (SSSR count). The Morgan fingerprint density at radius 2 is 1.95 bits per heavy atom.